The van der Waals surface area contributed by atoms with E-state index >= 15 is 0 Å². The quantitative estimate of drug-likeness (QED) is 0.849. The lowest BCUT2D eigenvalue weighted by molar-refractivity contribution is 0.0919. The first-order chi connectivity index (χ1) is 11.0. The number of carbonyl (C=O) groups is 2. The molecule has 0 aromatic carbocycles. The number of hydrogen-bond acceptors (Lipinski definition) is 4. The predicted molar refractivity (Wildman–Crippen MR) is 86.9 cm³/mol. The van der Waals surface area contributed by atoms with Crippen molar-refractivity contribution in [2.45, 2.75) is 13.8 Å². The molecular weight excluding hydrogens is 292 g/mol. The van der Waals surface area contributed by atoms with Crippen LogP contribution in [-0.2, 0) is 0 Å². The second-order valence-corrected chi connectivity index (χ2v) is 6.01. The van der Waals surface area contributed by atoms with E-state index in [0.29, 0.717) is 24.2 Å². The normalized spacial score (nSPS) is 10.9. The minimum absolute atomic E-state index is 0.176. The van der Waals surface area contributed by atoms with E-state index in [-0.39, 0.29) is 17.2 Å². The molecule has 2 N–H and O–H groups in total. The van der Waals surface area contributed by atoms with Crippen molar-refractivity contribution in [3.05, 3.63) is 60.2 Å². The maximum absolute atomic E-state index is 12.0. The second-order valence-electron chi connectivity index (χ2n) is 6.01. The second kappa shape index (κ2) is 7.49. The van der Waals surface area contributed by atoms with Gasteiger partial charge < -0.3 is 10.6 Å². The van der Waals surface area contributed by atoms with Crippen LogP contribution in [0.2, 0.25) is 0 Å². The van der Waals surface area contributed by atoms with Crippen molar-refractivity contribution in [2.75, 3.05) is 13.1 Å². The summed E-state index contributed by atoms with van der Waals surface area (Å²) in [5.74, 6) is -0.352. The molecule has 0 spiro atoms. The fourth-order valence-electron chi connectivity index (χ4n) is 1.90. The van der Waals surface area contributed by atoms with Gasteiger partial charge in [-0.25, -0.2) is 0 Å². The molecule has 0 atom stereocenters. The number of rotatable bonds is 6. The summed E-state index contributed by atoms with van der Waals surface area (Å²) in [6.07, 6.45) is 6.28. The lowest BCUT2D eigenvalue weighted by Gasteiger charge is -2.25. The predicted octanol–water partition coefficient (Wildman–Crippen LogP) is 1.66. The summed E-state index contributed by atoms with van der Waals surface area (Å²) in [6, 6.07) is 6.85. The average Bonchev–Trinajstić information content (AvgIpc) is 2.59. The van der Waals surface area contributed by atoms with Crippen molar-refractivity contribution in [1.82, 2.24) is 20.6 Å². The van der Waals surface area contributed by atoms with Crippen molar-refractivity contribution < 1.29 is 9.59 Å². The molecule has 2 heterocycles. The third kappa shape index (κ3) is 5.18. The zero-order valence-electron chi connectivity index (χ0n) is 13.2. The Morgan fingerprint density at radius 3 is 1.70 bits per heavy atom. The molecule has 120 valence electrons. The molecule has 6 heteroatoms. The van der Waals surface area contributed by atoms with Crippen molar-refractivity contribution in [1.29, 1.82) is 0 Å². The highest BCUT2D eigenvalue weighted by Gasteiger charge is 2.20. The van der Waals surface area contributed by atoms with E-state index in [2.05, 4.69) is 20.6 Å². The van der Waals surface area contributed by atoms with Gasteiger partial charge >= 0.3 is 0 Å². The standard InChI is InChI=1S/C17H20N4O2/c1-17(2,11-20-15(22)13-5-3-7-18-9-13)12-21-16(23)14-6-4-8-19-10-14/h3-10H,11-12H2,1-2H3,(H,20,22)(H,21,23). The average molecular weight is 312 g/mol. The number of pyridine rings is 2. The van der Waals surface area contributed by atoms with Crippen molar-refractivity contribution in [3.8, 4) is 0 Å². The molecule has 0 bridgehead atoms. The van der Waals surface area contributed by atoms with Crippen LogP contribution in [0.4, 0.5) is 0 Å². The number of hydrogen-bond donors (Lipinski definition) is 2. The highest BCUT2D eigenvalue weighted by molar-refractivity contribution is 5.94. The van der Waals surface area contributed by atoms with Gasteiger partial charge in [-0.15, -0.1) is 0 Å². The first kappa shape index (κ1) is 16.6. The maximum atomic E-state index is 12.0. The summed E-state index contributed by atoms with van der Waals surface area (Å²) in [5.41, 5.74) is 0.751. The molecule has 6 nitrogen and oxygen atoms in total. The van der Waals surface area contributed by atoms with Gasteiger partial charge in [-0.2, -0.15) is 0 Å². The number of nitrogens with zero attached hydrogens (tertiary/aromatic N) is 2. The van der Waals surface area contributed by atoms with Crippen LogP contribution in [0.1, 0.15) is 34.6 Å². The summed E-state index contributed by atoms with van der Waals surface area (Å²) in [4.78, 5) is 31.8. The molecular formula is C17H20N4O2. The Kier molecular flexibility index (Phi) is 5.41. The smallest absolute Gasteiger partial charge is 0.252 e. The Balaban J connectivity index is 1.82. The summed E-state index contributed by atoms with van der Waals surface area (Å²) < 4.78 is 0. The summed E-state index contributed by atoms with van der Waals surface area (Å²) in [7, 11) is 0. The van der Waals surface area contributed by atoms with E-state index < -0.39 is 0 Å². The minimum atomic E-state index is -0.282. The van der Waals surface area contributed by atoms with Gasteiger partial charge in [-0.05, 0) is 29.7 Å². The van der Waals surface area contributed by atoms with Crippen molar-refractivity contribution >= 4 is 11.8 Å². The summed E-state index contributed by atoms with van der Waals surface area (Å²) in [6.45, 7) is 4.82. The SMILES string of the molecule is CC(C)(CNC(=O)c1cccnc1)CNC(=O)c1cccnc1. The molecule has 0 aliphatic rings. The van der Waals surface area contributed by atoms with Crippen LogP contribution in [0, 0.1) is 5.41 Å². The van der Waals surface area contributed by atoms with Gasteiger partial charge in [-0.1, -0.05) is 13.8 Å². The van der Waals surface area contributed by atoms with Gasteiger partial charge in [0.25, 0.3) is 11.8 Å². The van der Waals surface area contributed by atoms with Crippen LogP contribution < -0.4 is 10.6 Å². The van der Waals surface area contributed by atoms with E-state index in [0.717, 1.165) is 0 Å². The molecule has 2 aromatic rings. The molecule has 0 aliphatic carbocycles. The Morgan fingerprint density at radius 1 is 0.913 bits per heavy atom. The Labute approximate surface area is 135 Å². The lowest BCUT2D eigenvalue weighted by Crippen LogP contribution is -2.42. The molecule has 23 heavy (non-hydrogen) atoms. The molecule has 0 aliphatic heterocycles. The number of aromatic nitrogens is 2. The first-order valence-electron chi connectivity index (χ1n) is 7.34. The van der Waals surface area contributed by atoms with Crippen LogP contribution in [0.25, 0.3) is 0 Å². The van der Waals surface area contributed by atoms with Gasteiger partial charge in [0.2, 0.25) is 0 Å². The molecule has 2 rings (SSSR count). The summed E-state index contributed by atoms with van der Waals surface area (Å²) in [5, 5.41) is 5.72. The zero-order chi connectivity index (χ0) is 16.7. The van der Waals surface area contributed by atoms with Crippen LogP contribution in [0.3, 0.4) is 0 Å². The third-order valence-electron chi connectivity index (χ3n) is 3.30. The van der Waals surface area contributed by atoms with Crippen LogP contribution in [0.5, 0.6) is 0 Å². The van der Waals surface area contributed by atoms with E-state index in [4.69, 9.17) is 0 Å². The topological polar surface area (TPSA) is 84.0 Å². The Morgan fingerprint density at radius 2 is 1.35 bits per heavy atom. The Bertz CT molecular complexity index is 599. The highest BCUT2D eigenvalue weighted by atomic mass is 16.2. The van der Waals surface area contributed by atoms with Crippen molar-refractivity contribution in [3.63, 3.8) is 0 Å². The molecule has 0 unspecified atom stereocenters. The maximum Gasteiger partial charge on any atom is 0.252 e. The number of amides is 2. The van der Waals surface area contributed by atoms with Gasteiger partial charge in [0.05, 0.1) is 11.1 Å². The fraction of sp³-hybridized carbons (Fsp3) is 0.294. The van der Waals surface area contributed by atoms with E-state index in [9.17, 15) is 9.59 Å². The molecule has 2 amide bonds. The molecule has 0 saturated heterocycles. The van der Waals surface area contributed by atoms with Gasteiger partial charge in [0.15, 0.2) is 0 Å². The van der Waals surface area contributed by atoms with Crippen LogP contribution >= 0.6 is 0 Å². The lowest BCUT2D eigenvalue weighted by atomic mass is 9.93. The molecule has 0 saturated carbocycles. The van der Waals surface area contributed by atoms with E-state index in [1.54, 1.807) is 36.7 Å². The van der Waals surface area contributed by atoms with Gasteiger partial charge in [0.1, 0.15) is 0 Å². The van der Waals surface area contributed by atoms with Crippen molar-refractivity contribution in [2.24, 2.45) is 5.41 Å². The molecule has 2 aromatic heterocycles. The highest BCUT2D eigenvalue weighted by Crippen LogP contribution is 2.12. The summed E-state index contributed by atoms with van der Waals surface area (Å²) >= 11 is 0. The van der Waals surface area contributed by atoms with E-state index in [1.807, 2.05) is 13.8 Å². The minimum Gasteiger partial charge on any atom is -0.351 e. The zero-order valence-corrected chi connectivity index (χ0v) is 13.2. The van der Waals surface area contributed by atoms with E-state index in [1.165, 1.54) is 12.4 Å². The van der Waals surface area contributed by atoms with Gasteiger partial charge in [0, 0.05) is 37.9 Å². The first-order valence-corrected chi connectivity index (χ1v) is 7.34. The van der Waals surface area contributed by atoms with Crippen LogP contribution in [-0.4, -0.2) is 34.9 Å². The number of carbonyl (C=O) groups excluding carboxylic acids is 2. The van der Waals surface area contributed by atoms with Gasteiger partial charge in [-0.3, -0.25) is 19.6 Å². The monoisotopic (exact) mass is 312 g/mol. The fourth-order valence-corrected chi connectivity index (χ4v) is 1.90. The largest absolute Gasteiger partial charge is 0.351 e. The third-order valence-corrected chi connectivity index (χ3v) is 3.30. The molecule has 0 radical (unpaired) electrons. The number of nitrogens with one attached hydrogen (secondary N) is 2. The molecule has 0 fully saturated rings. The van der Waals surface area contributed by atoms with Crippen LogP contribution in [0.15, 0.2) is 49.1 Å². The Hall–Kier alpha value is -2.76.